The minimum Gasteiger partial charge on any atom is -0.444 e. The van der Waals surface area contributed by atoms with Gasteiger partial charge in [0.2, 0.25) is 5.91 Å². The lowest BCUT2D eigenvalue weighted by Crippen LogP contribution is -2.49. The smallest absolute Gasteiger partial charge is 0.410 e. The van der Waals surface area contributed by atoms with Gasteiger partial charge in [-0.1, -0.05) is 13.8 Å². The Balaban J connectivity index is 2.06. The van der Waals surface area contributed by atoms with Gasteiger partial charge in [-0.3, -0.25) is 4.79 Å². The number of nitrogens with zero attached hydrogens (tertiary/aromatic N) is 2. The highest BCUT2D eigenvalue weighted by Gasteiger charge is 2.50. The number of carbonyl (C=O) groups is 2. The maximum atomic E-state index is 12.4. The van der Waals surface area contributed by atoms with E-state index in [1.165, 1.54) is 0 Å². The van der Waals surface area contributed by atoms with Crippen LogP contribution in [0.4, 0.5) is 4.79 Å². The largest absolute Gasteiger partial charge is 0.444 e. The molecule has 2 fully saturated rings. The van der Waals surface area contributed by atoms with Gasteiger partial charge in [0.25, 0.3) is 0 Å². The third-order valence-corrected chi connectivity index (χ3v) is 5.28. The Morgan fingerprint density at radius 2 is 1.90 bits per heavy atom. The molecule has 1 unspecified atom stereocenters. The molecule has 0 aromatic rings. The highest BCUT2D eigenvalue weighted by molar-refractivity contribution is 8.00. The summed E-state index contributed by atoms with van der Waals surface area (Å²) in [5, 5.41) is 0. The normalized spacial score (nSPS) is 26.0. The zero-order valence-corrected chi connectivity index (χ0v) is 14.5. The average molecular weight is 314 g/mol. The zero-order chi connectivity index (χ0) is 15.8. The predicted octanol–water partition coefficient (Wildman–Crippen LogP) is 2.55. The summed E-state index contributed by atoms with van der Waals surface area (Å²) in [7, 11) is 0. The minimum absolute atomic E-state index is 0.00356. The first-order valence-corrected chi connectivity index (χ1v) is 8.56. The van der Waals surface area contributed by atoms with E-state index in [0.717, 1.165) is 18.7 Å². The van der Waals surface area contributed by atoms with E-state index in [1.54, 1.807) is 16.7 Å². The van der Waals surface area contributed by atoms with E-state index in [9.17, 15) is 9.59 Å². The Morgan fingerprint density at radius 1 is 1.24 bits per heavy atom. The van der Waals surface area contributed by atoms with Crippen molar-refractivity contribution in [1.82, 2.24) is 9.80 Å². The number of likely N-dealkylation sites (tertiary alicyclic amines) is 1. The molecule has 0 aromatic heterocycles. The van der Waals surface area contributed by atoms with Crippen LogP contribution in [0, 0.1) is 5.92 Å². The molecule has 6 heteroatoms. The summed E-state index contributed by atoms with van der Waals surface area (Å²) in [6.45, 7) is 11.5. The van der Waals surface area contributed by atoms with Gasteiger partial charge in [0.05, 0.1) is 6.54 Å². The van der Waals surface area contributed by atoms with E-state index in [4.69, 9.17) is 4.74 Å². The Morgan fingerprint density at radius 3 is 2.48 bits per heavy atom. The lowest BCUT2D eigenvalue weighted by molar-refractivity contribution is -0.136. The lowest BCUT2D eigenvalue weighted by atomic mass is 10.1. The molecule has 120 valence electrons. The average Bonchev–Trinajstić information content (AvgIpc) is 2.94. The highest BCUT2D eigenvalue weighted by atomic mass is 32.2. The van der Waals surface area contributed by atoms with Crippen LogP contribution in [0.25, 0.3) is 0 Å². The fraction of sp³-hybridized carbons (Fsp3) is 0.867. The van der Waals surface area contributed by atoms with Gasteiger partial charge in [-0.25, -0.2) is 4.79 Å². The second kappa shape index (κ2) is 5.71. The van der Waals surface area contributed by atoms with Crippen molar-refractivity contribution in [3.63, 3.8) is 0 Å². The molecule has 2 aliphatic heterocycles. The van der Waals surface area contributed by atoms with Crippen LogP contribution in [0.15, 0.2) is 0 Å². The Bertz CT molecular complexity index is 433. The van der Waals surface area contributed by atoms with Crippen molar-refractivity contribution in [3.8, 4) is 0 Å². The molecule has 0 bridgehead atoms. The van der Waals surface area contributed by atoms with Gasteiger partial charge in [0, 0.05) is 24.8 Å². The molecule has 5 nitrogen and oxygen atoms in total. The number of amides is 2. The van der Waals surface area contributed by atoms with Gasteiger partial charge in [0.1, 0.15) is 10.5 Å². The van der Waals surface area contributed by atoms with Gasteiger partial charge in [-0.05, 0) is 27.2 Å². The monoisotopic (exact) mass is 314 g/mol. The van der Waals surface area contributed by atoms with Crippen molar-refractivity contribution in [2.24, 2.45) is 5.92 Å². The molecule has 0 radical (unpaired) electrons. The number of ether oxygens (including phenoxy) is 1. The third-order valence-electron chi connectivity index (χ3n) is 3.80. The topological polar surface area (TPSA) is 49.9 Å². The second-order valence-corrected chi connectivity index (χ2v) is 8.55. The first-order chi connectivity index (χ1) is 9.65. The maximum absolute atomic E-state index is 12.4. The maximum Gasteiger partial charge on any atom is 0.410 e. The van der Waals surface area contributed by atoms with Crippen LogP contribution < -0.4 is 0 Å². The molecule has 2 amide bonds. The Hall–Kier alpha value is -0.910. The van der Waals surface area contributed by atoms with E-state index >= 15 is 0 Å². The molecule has 2 aliphatic rings. The Labute approximate surface area is 131 Å². The number of carbonyl (C=O) groups excluding carboxylic acids is 2. The highest BCUT2D eigenvalue weighted by Crippen LogP contribution is 2.43. The molecule has 0 N–H and O–H groups in total. The summed E-state index contributed by atoms with van der Waals surface area (Å²) in [6, 6.07) is 0. The quantitative estimate of drug-likeness (QED) is 0.746. The molecule has 0 saturated carbocycles. The first kappa shape index (κ1) is 16.5. The van der Waals surface area contributed by atoms with Crippen LogP contribution in [0.5, 0.6) is 0 Å². The Kier molecular flexibility index (Phi) is 4.47. The van der Waals surface area contributed by atoms with E-state index in [0.29, 0.717) is 13.1 Å². The van der Waals surface area contributed by atoms with Crippen LogP contribution in [0.1, 0.15) is 41.0 Å². The summed E-state index contributed by atoms with van der Waals surface area (Å²) in [4.78, 5) is 28.1. The number of hydrogen-bond acceptors (Lipinski definition) is 4. The molecule has 1 atom stereocenters. The van der Waals surface area contributed by atoms with Gasteiger partial charge < -0.3 is 14.5 Å². The number of thioether (sulfide) groups is 1. The first-order valence-electron chi connectivity index (χ1n) is 7.58. The van der Waals surface area contributed by atoms with Crippen LogP contribution in [-0.4, -0.2) is 57.7 Å². The van der Waals surface area contributed by atoms with Crippen molar-refractivity contribution in [1.29, 1.82) is 0 Å². The van der Waals surface area contributed by atoms with E-state index in [-0.39, 0.29) is 22.8 Å². The van der Waals surface area contributed by atoms with Crippen molar-refractivity contribution in [3.05, 3.63) is 0 Å². The van der Waals surface area contributed by atoms with Crippen molar-refractivity contribution < 1.29 is 14.3 Å². The van der Waals surface area contributed by atoms with Crippen molar-refractivity contribution >= 4 is 23.8 Å². The molecule has 1 spiro atoms. The molecule has 2 rings (SSSR count). The van der Waals surface area contributed by atoms with Gasteiger partial charge in [0.15, 0.2) is 0 Å². The van der Waals surface area contributed by atoms with Crippen LogP contribution in [-0.2, 0) is 9.53 Å². The van der Waals surface area contributed by atoms with E-state index in [2.05, 4.69) is 0 Å². The van der Waals surface area contributed by atoms with E-state index < -0.39 is 5.60 Å². The fourth-order valence-electron chi connectivity index (χ4n) is 2.82. The van der Waals surface area contributed by atoms with Gasteiger partial charge in [-0.15, -0.1) is 11.8 Å². The molecule has 2 heterocycles. The summed E-state index contributed by atoms with van der Waals surface area (Å²) >= 11 is 1.80. The zero-order valence-electron chi connectivity index (χ0n) is 13.6. The van der Waals surface area contributed by atoms with Crippen molar-refractivity contribution in [2.45, 2.75) is 51.5 Å². The van der Waals surface area contributed by atoms with Crippen LogP contribution in [0.3, 0.4) is 0 Å². The third kappa shape index (κ3) is 3.47. The van der Waals surface area contributed by atoms with Gasteiger partial charge in [-0.2, -0.15) is 0 Å². The standard InChI is InChI=1S/C15H26N2O3S/c1-11(2)12(18)17-8-9-21-15(17)6-7-16(10-15)13(19)20-14(3,4)5/h11H,6-10H2,1-5H3. The molecule has 0 aromatic carbocycles. The summed E-state index contributed by atoms with van der Waals surface area (Å²) < 4.78 is 5.44. The van der Waals surface area contributed by atoms with Gasteiger partial charge >= 0.3 is 6.09 Å². The summed E-state index contributed by atoms with van der Waals surface area (Å²) in [5.74, 6) is 1.13. The molecular formula is C15H26N2O3S. The van der Waals surface area contributed by atoms with Crippen LogP contribution in [0.2, 0.25) is 0 Å². The SMILES string of the molecule is CC(C)C(=O)N1CCSC12CCN(C(=O)OC(C)(C)C)C2. The molecular weight excluding hydrogens is 288 g/mol. The minimum atomic E-state index is -0.483. The molecule has 0 aliphatic carbocycles. The van der Waals surface area contributed by atoms with Crippen molar-refractivity contribution in [2.75, 3.05) is 25.4 Å². The predicted molar refractivity (Wildman–Crippen MR) is 84.2 cm³/mol. The number of rotatable bonds is 1. The van der Waals surface area contributed by atoms with E-state index in [1.807, 2.05) is 39.5 Å². The molecule has 2 saturated heterocycles. The van der Waals surface area contributed by atoms with Crippen LogP contribution >= 0.6 is 11.8 Å². The number of hydrogen-bond donors (Lipinski definition) is 0. The summed E-state index contributed by atoms with van der Waals surface area (Å²) in [5.41, 5.74) is -0.483. The molecule has 21 heavy (non-hydrogen) atoms. The fourth-order valence-corrected chi connectivity index (χ4v) is 4.29. The lowest BCUT2D eigenvalue weighted by Gasteiger charge is -2.35. The summed E-state index contributed by atoms with van der Waals surface area (Å²) in [6.07, 6.45) is 0.554. The second-order valence-electron chi connectivity index (χ2n) is 7.09.